The van der Waals surface area contributed by atoms with Crippen LogP contribution in [-0.4, -0.2) is 50.1 Å². The minimum absolute atomic E-state index is 0. The van der Waals surface area contributed by atoms with Crippen molar-refractivity contribution >= 4 is 59.4 Å². The van der Waals surface area contributed by atoms with Crippen LogP contribution in [0.5, 0.6) is 0 Å². The monoisotopic (exact) mass is 473 g/mol. The number of amidine groups is 1. The van der Waals surface area contributed by atoms with Crippen molar-refractivity contribution in [2.75, 3.05) is 33.4 Å². The Morgan fingerprint density at radius 3 is 2.90 bits per heavy atom. The van der Waals surface area contributed by atoms with E-state index in [4.69, 9.17) is 9.73 Å². The lowest BCUT2D eigenvalue weighted by Gasteiger charge is -2.35. The average Bonchev–Trinajstić information content (AvgIpc) is 3.01. The number of aliphatic imine (C=N–C) groups is 1. The molecule has 0 bridgehead atoms. The Hall–Kier alpha value is -0.760. The molecule has 1 aromatic carbocycles. The van der Waals surface area contributed by atoms with Crippen LogP contribution in [0.2, 0.25) is 0 Å². The SMILES string of the molecule is CCCc1cc2c(s1)Sc1ccccc1N=C2N1CCN[C@@H](CCOC)C1.Cl.Cl. The Balaban J connectivity index is 0.00000150. The number of thiophene rings is 1. The summed E-state index contributed by atoms with van der Waals surface area (Å²) in [5.41, 5.74) is 2.40. The van der Waals surface area contributed by atoms with E-state index in [9.17, 15) is 0 Å². The third-order valence-electron chi connectivity index (χ3n) is 5.01. The largest absolute Gasteiger partial charge is 0.385 e. The van der Waals surface area contributed by atoms with Crippen LogP contribution in [0.25, 0.3) is 0 Å². The zero-order chi connectivity index (χ0) is 18.6. The van der Waals surface area contributed by atoms with Gasteiger partial charge in [-0.3, -0.25) is 0 Å². The first-order chi connectivity index (χ1) is 13.3. The summed E-state index contributed by atoms with van der Waals surface area (Å²) in [6.07, 6.45) is 3.36. The van der Waals surface area contributed by atoms with Crippen LogP contribution in [0.4, 0.5) is 5.69 Å². The number of hydrogen-bond acceptors (Lipinski definition) is 6. The first-order valence-electron chi connectivity index (χ1n) is 9.74. The first kappa shape index (κ1) is 24.5. The molecule has 8 heteroatoms. The molecule has 160 valence electrons. The Morgan fingerprint density at radius 1 is 1.28 bits per heavy atom. The molecule has 2 aliphatic rings. The summed E-state index contributed by atoms with van der Waals surface area (Å²) in [4.78, 5) is 10.4. The number of para-hydroxylation sites is 1. The molecule has 2 aromatic rings. The van der Waals surface area contributed by atoms with Gasteiger partial charge in [0.15, 0.2) is 0 Å². The van der Waals surface area contributed by atoms with Crippen LogP contribution < -0.4 is 5.32 Å². The van der Waals surface area contributed by atoms with E-state index in [2.05, 4.69) is 47.5 Å². The van der Waals surface area contributed by atoms with E-state index in [1.165, 1.54) is 26.0 Å². The maximum absolute atomic E-state index is 5.29. The number of fused-ring (bicyclic) bond motifs is 2. The molecule has 0 unspecified atom stereocenters. The van der Waals surface area contributed by atoms with Crippen molar-refractivity contribution in [3.63, 3.8) is 0 Å². The zero-order valence-electron chi connectivity index (χ0n) is 16.8. The van der Waals surface area contributed by atoms with Gasteiger partial charge in [-0.1, -0.05) is 37.2 Å². The molecule has 2 aliphatic heterocycles. The molecule has 0 amide bonds. The van der Waals surface area contributed by atoms with E-state index in [0.29, 0.717) is 6.04 Å². The highest BCUT2D eigenvalue weighted by Crippen LogP contribution is 2.44. The van der Waals surface area contributed by atoms with E-state index >= 15 is 0 Å². The van der Waals surface area contributed by atoms with Crippen LogP contribution in [-0.2, 0) is 11.2 Å². The number of nitrogens with one attached hydrogen (secondary N) is 1. The van der Waals surface area contributed by atoms with Gasteiger partial charge in [0.25, 0.3) is 0 Å². The van der Waals surface area contributed by atoms with Crippen LogP contribution in [0.15, 0.2) is 44.4 Å². The zero-order valence-corrected chi connectivity index (χ0v) is 20.1. The standard InChI is InChI=1S/C21H27N3OS2.2ClH/c1-3-6-16-13-17-20(24-11-10-22-15(14-24)9-12-25-2)23-18-7-4-5-8-19(18)27-21(17)26-16;;/h4-5,7-8,13,15,22H,3,6,9-12,14H2,1-2H3;2*1H/t15-;;/m0../s1. The summed E-state index contributed by atoms with van der Waals surface area (Å²) < 4.78 is 6.67. The Kier molecular flexibility index (Phi) is 9.79. The van der Waals surface area contributed by atoms with Gasteiger partial charge in [0.05, 0.1) is 9.90 Å². The summed E-state index contributed by atoms with van der Waals surface area (Å²) in [6, 6.07) is 11.3. The van der Waals surface area contributed by atoms with Gasteiger partial charge < -0.3 is 15.0 Å². The van der Waals surface area contributed by atoms with Crippen LogP contribution in [0.1, 0.15) is 30.2 Å². The minimum atomic E-state index is 0. The number of nitrogens with zero attached hydrogens (tertiary/aromatic N) is 2. The fraction of sp³-hybridized carbons (Fsp3) is 0.476. The van der Waals surface area contributed by atoms with Crippen LogP contribution >= 0.6 is 47.9 Å². The summed E-state index contributed by atoms with van der Waals surface area (Å²) in [5, 5.41) is 3.63. The normalized spacial score (nSPS) is 17.9. The van der Waals surface area contributed by atoms with Crippen LogP contribution in [0, 0.1) is 0 Å². The lowest BCUT2D eigenvalue weighted by Crippen LogP contribution is -2.53. The number of aryl methyl sites for hydroxylation is 1. The van der Waals surface area contributed by atoms with Crippen molar-refractivity contribution < 1.29 is 4.74 Å². The fourth-order valence-corrected chi connectivity index (χ4v) is 6.21. The number of halogens is 2. The van der Waals surface area contributed by atoms with Crippen molar-refractivity contribution in [1.82, 2.24) is 10.2 Å². The molecule has 1 atom stereocenters. The predicted molar refractivity (Wildman–Crippen MR) is 129 cm³/mol. The lowest BCUT2D eigenvalue weighted by atomic mass is 10.1. The Labute approximate surface area is 194 Å². The summed E-state index contributed by atoms with van der Waals surface area (Å²) in [5.74, 6) is 1.14. The van der Waals surface area contributed by atoms with E-state index in [0.717, 1.165) is 50.6 Å². The fourth-order valence-electron chi connectivity index (χ4n) is 3.65. The van der Waals surface area contributed by atoms with E-state index < -0.39 is 0 Å². The molecular formula is C21H29Cl2N3OS2. The highest BCUT2D eigenvalue weighted by Gasteiger charge is 2.28. The second-order valence-electron chi connectivity index (χ2n) is 7.05. The second kappa shape index (κ2) is 11.6. The maximum atomic E-state index is 5.29. The molecule has 4 rings (SSSR count). The molecule has 0 aliphatic carbocycles. The third kappa shape index (κ3) is 5.69. The van der Waals surface area contributed by atoms with Gasteiger partial charge in [-0.2, -0.15) is 0 Å². The van der Waals surface area contributed by atoms with E-state index in [1.807, 2.05) is 23.1 Å². The van der Waals surface area contributed by atoms with Gasteiger partial charge in [0.2, 0.25) is 0 Å². The molecule has 1 aromatic heterocycles. The summed E-state index contributed by atoms with van der Waals surface area (Å²) >= 11 is 3.81. The predicted octanol–water partition coefficient (Wildman–Crippen LogP) is 5.40. The van der Waals surface area contributed by atoms with Gasteiger partial charge in [0.1, 0.15) is 5.84 Å². The highest BCUT2D eigenvalue weighted by molar-refractivity contribution is 8.01. The minimum Gasteiger partial charge on any atom is -0.385 e. The summed E-state index contributed by atoms with van der Waals surface area (Å²) in [7, 11) is 1.77. The Bertz CT molecular complexity index is 828. The average molecular weight is 475 g/mol. The van der Waals surface area contributed by atoms with Gasteiger partial charge in [0, 0.05) is 54.7 Å². The van der Waals surface area contributed by atoms with Gasteiger partial charge >= 0.3 is 0 Å². The van der Waals surface area contributed by atoms with E-state index in [-0.39, 0.29) is 24.8 Å². The van der Waals surface area contributed by atoms with Gasteiger partial charge in [-0.15, -0.1) is 36.2 Å². The molecule has 1 N–H and O–H groups in total. The van der Waals surface area contributed by atoms with Crippen molar-refractivity contribution in [3.8, 4) is 0 Å². The van der Waals surface area contributed by atoms with Crippen LogP contribution in [0.3, 0.4) is 0 Å². The molecule has 1 saturated heterocycles. The van der Waals surface area contributed by atoms with Crippen molar-refractivity contribution in [3.05, 3.63) is 40.8 Å². The first-order valence-corrected chi connectivity index (χ1v) is 11.4. The van der Waals surface area contributed by atoms with Gasteiger partial charge in [-0.05, 0) is 31.0 Å². The maximum Gasteiger partial charge on any atom is 0.138 e. The smallest absolute Gasteiger partial charge is 0.138 e. The second-order valence-corrected chi connectivity index (χ2v) is 9.49. The number of rotatable bonds is 5. The van der Waals surface area contributed by atoms with E-state index in [1.54, 1.807) is 7.11 Å². The molecular weight excluding hydrogens is 445 g/mol. The molecule has 29 heavy (non-hydrogen) atoms. The number of methoxy groups -OCH3 is 1. The Morgan fingerprint density at radius 2 is 2.10 bits per heavy atom. The summed E-state index contributed by atoms with van der Waals surface area (Å²) in [6.45, 7) is 6.00. The number of piperazine rings is 1. The molecule has 0 radical (unpaired) electrons. The highest BCUT2D eigenvalue weighted by atomic mass is 35.5. The van der Waals surface area contributed by atoms with Gasteiger partial charge in [-0.25, -0.2) is 4.99 Å². The molecule has 0 spiro atoms. The van der Waals surface area contributed by atoms with Crippen molar-refractivity contribution in [1.29, 1.82) is 0 Å². The van der Waals surface area contributed by atoms with Crippen molar-refractivity contribution in [2.45, 2.75) is 41.3 Å². The molecule has 3 heterocycles. The quantitative estimate of drug-likeness (QED) is 0.630. The van der Waals surface area contributed by atoms with Crippen molar-refractivity contribution in [2.24, 2.45) is 4.99 Å². The lowest BCUT2D eigenvalue weighted by molar-refractivity contribution is 0.168. The topological polar surface area (TPSA) is 36.9 Å². The molecule has 4 nitrogen and oxygen atoms in total. The third-order valence-corrected chi connectivity index (χ3v) is 7.47. The molecule has 0 saturated carbocycles. The number of hydrogen-bond donors (Lipinski definition) is 1. The number of ether oxygens (including phenoxy) is 1. The number of benzene rings is 1. The molecule has 1 fully saturated rings.